The zero-order chi connectivity index (χ0) is 23.3. The largest absolute Gasteiger partial charge is 0.492 e. The van der Waals surface area contributed by atoms with E-state index >= 15 is 0 Å². The highest BCUT2D eigenvalue weighted by atomic mass is 16.5. The van der Waals surface area contributed by atoms with Gasteiger partial charge in [0.05, 0.1) is 12.1 Å². The van der Waals surface area contributed by atoms with Gasteiger partial charge in [0, 0.05) is 43.2 Å². The third-order valence-corrected chi connectivity index (χ3v) is 7.01. The van der Waals surface area contributed by atoms with Crippen molar-refractivity contribution in [1.82, 2.24) is 14.8 Å². The average Bonchev–Trinajstić information content (AvgIpc) is 3.29. The summed E-state index contributed by atoms with van der Waals surface area (Å²) in [6.45, 7) is 3.38. The van der Waals surface area contributed by atoms with Crippen molar-refractivity contribution in [3.05, 3.63) is 71.9 Å². The van der Waals surface area contributed by atoms with E-state index in [2.05, 4.69) is 29.2 Å². The lowest BCUT2D eigenvalue weighted by molar-refractivity contribution is -0.128. The average molecular weight is 458 g/mol. The van der Waals surface area contributed by atoms with Crippen LogP contribution in [0.1, 0.15) is 41.6 Å². The van der Waals surface area contributed by atoms with Gasteiger partial charge in [0.2, 0.25) is 5.91 Å². The lowest BCUT2D eigenvalue weighted by atomic mass is 9.89. The van der Waals surface area contributed by atoms with Crippen molar-refractivity contribution >= 4 is 22.7 Å². The maximum atomic E-state index is 13.1. The number of ether oxygens (including phenoxy) is 1. The van der Waals surface area contributed by atoms with Crippen LogP contribution in [-0.2, 0) is 11.2 Å². The van der Waals surface area contributed by atoms with Gasteiger partial charge in [-0.1, -0.05) is 30.3 Å². The fraction of sp³-hybridized carbons (Fsp3) is 0.393. The van der Waals surface area contributed by atoms with Crippen molar-refractivity contribution in [3.63, 3.8) is 0 Å². The van der Waals surface area contributed by atoms with Crippen LogP contribution in [0.5, 0.6) is 5.75 Å². The molecule has 5 rings (SSSR count). The van der Waals surface area contributed by atoms with Crippen LogP contribution in [0, 0.1) is 5.92 Å². The number of pyridine rings is 1. The lowest BCUT2D eigenvalue weighted by Gasteiger charge is -2.32. The van der Waals surface area contributed by atoms with Crippen molar-refractivity contribution in [3.8, 4) is 5.75 Å². The van der Waals surface area contributed by atoms with Crippen LogP contribution in [0.25, 0.3) is 10.9 Å². The summed E-state index contributed by atoms with van der Waals surface area (Å²) < 4.78 is 5.84. The molecule has 34 heavy (non-hydrogen) atoms. The smallest absolute Gasteiger partial charge is 0.253 e. The van der Waals surface area contributed by atoms with E-state index in [1.54, 1.807) is 0 Å². The molecule has 3 heterocycles. The fourth-order valence-corrected chi connectivity index (χ4v) is 5.10. The Hall–Kier alpha value is -3.41. The molecule has 2 aromatic carbocycles. The van der Waals surface area contributed by atoms with Crippen molar-refractivity contribution in [2.45, 2.75) is 32.1 Å². The second kappa shape index (κ2) is 10.2. The van der Waals surface area contributed by atoms with E-state index in [4.69, 9.17) is 4.74 Å². The van der Waals surface area contributed by atoms with Gasteiger partial charge in [0.1, 0.15) is 12.4 Å². The van der Waals surface area contributed by atoms with Crippen LogP contribution in [0.4, 0.5) is 0 Å². The zero-order valence-corrected chi connectivity index (χ0v) is 19.5. The number of aromatic nitrogens is 1. The first-order chi connectivity index (χ1) is 16.7. The number of carbonyl (C=O) groups is 2. The standard InChI is InChI=1S/C28H31N3O3/c32-26-10-4-14-30(26)17-18-34-25-9-2-7-24(20-25)28(33)31-15-11-21(12-16-31)19-23-6-1-5-22-8-3-13-29-27(22)23/h1-3,5-9,13,20-21H,4,10-12,14-19H2. The number of nitrogens with zero attached hydrogens (tertiary/aromatic N) is 3. The molecule has 6 nitrogen and oxygen atoms in total. The van der Waals surface area contributed by atoms with Crippen molar-refractivity contribution in [2.75, 3.05) is 32.8 Å². The predicted molar refractivity (Wildman–Crippen MR) is 132 cm³/mol. The maximum absolute atomic E-state index is 13.1. The van der Waals surface area contributed by atoms with Gasteiger partial charge in [-0.3, -0.25) is 14.6 Å². The van der Waals surface area contributed by atoms with Gasteiger partial charge in [-0.05, 0) is 61.4 Å². The molecule has 0 unspecified atom stereocenters. The number of likely N-dealkylation sites (tertiary alicyclic amines) is 2. The summed E-state index contributed by atoms with van der Waals surface area (Å²) in [4.78, 5) is 33.2. The molecule has 0 bridgehead atoms. The molecule has 1 aromatic heterocycles. The second-order valence-electron chi connectivity index (χ2n) is 9.29. The fourth-order valence-electron chi connectivity index (χ4n) is 5.10. The summed E-state index contributed by atoms with van der Waals surface area (Å²) in [5, 5.41) is 1.18. The molecular formula is C28H31N3O3. The van der Waals surface area contributed by atoms with E-state index in [1.165, 1.54) is 10.9 Å². The Bertz CT molecular complexity index is 1170. The highest BCUT2D eigenvalue weighted by Crippen LogP contribution is 2.26. The van der Waals surface area contributed by atoms with E-state index < -0.39 is 0 Å². The van der Waals surface area contributed by atoms with E-state index in [0.717, 1.165) is 50.8 Å². The van der Waals surface area contributed by atoms with Crippen LogP contribution in [0.3, 0.4) is 0 Å². The number of fused-ring (bicyclic) bond motifs is 1. The quantitative estimate of drug-likeness (QED) is 0.530. The van der Waals surface area contributed by atoms with Crippen LogP contribution < -0.4 is 4.74 Å². The van der Waals surface area contributed by atoms with Gasteiger partial charge in [0.25, 0.3) is 5.91 Å². The van der Waals surface area contributed by atoms with Gasteiger partial charge in [-0.25, -0.2) is 0 Å². The van der Waals surface area contributed by atoms with E-state index in [1.807, 2.05) is 46.3 Å². The lowest BCUT2D eigenvalue weighted by Crippen LogP contribution is -2.38. The number of carbonyl (C=O) groups excluding carboxylic acids is 2. The number of rotatable bonds is 7. The van der Waals surface area contributed by atoms with E-state index in [0.29, 0.717) is 36.8 Å². The number of piperidine rings is 1. The Morgan fingerprint density at radius 3 is 2.68 bits per heavy atom. The Morgan fingerprint density at radius 2 is 1.85 bits per heavy atom. The zero-order valence-electron chi connectivity index (χ0n) is 19.5. The van der Waals surface area contributed by atoms with Gasteiger partial charge in [-0.15, -0.1) is 0 Å². The monoisotopic (exact) mass is 457 g/mol. The molecule has 2 amide bonds. The molecule has 2 aliphatic rings. The van der Waals surface area contributed by atoms with Gasteiger partial charge in [-0.2, -0.15) is 0 Å². The van der Waals surface area contributed by atoms with Gasteiger partial charge >= 0.3 is 0 Å². The number of amides is 2. The molecule has 0 radical (unpaired) electrons. The Balaban J connectivity index is 1.14. The maximum Gasteiger partial charge on any atom is 0.253 e. The summed E-state index contributed by atoms with van der Waals surface area (Å²) in [6.07, 6.45) is 6.41. The van der Waals surface area contributed by atoms with Crippen LogP contribution in [0.15, 0.2) is 60.8 Å². The SMILES string of the molecule is O=C1CCCN1CCOc1cccc(C(=O)N2CCC(Cc3cccc4cccnc34)CC2)c1. The number of hydrogen-bond acceptors (Lipinski definition) is 4. The topological polar surface area (TPSA) is 62.7 Å². The molecule has 176 valence electrons. The minimum Gasteiger partial charge on any atom is -0.492 e. The number of hydrogen-bond donors (Lipinski definition) is 0. The molecule has 2 fully saturated rings. The number of para-hydroxylation sites is 1. The molecule has 0 atom stereocenters. The molecule has 0 spiro atoms. The van der Waals surface area contributed by atoms with Gasteiger partial charge in [0.15, 0.2) is 0 Å². The Morgan fingerprint density at radius 1 is 1.03 bits per heavy atom. The molecule has 2 saturated heterocycles. The molecule has 3 aromatic rings. The van der Waals surface area contributed by atoms with Crippen LogP contribution in [-0.4, -0.2) is 59.4 Å². The Kier molecular flexibility index (Phi) is 6.74. The molecule has 0 saturated carbocycles. The van der Waals surface area contributed by atoms with Gasteiger partial charge < -0.3 is 14.5 Å². The normalized spacial score (nSPS) is 16.9. The first-order valence-electron chi connectivity index (χ1n) is 12.3. The summed E-state index contributed by atoms with van der Waals surface area (Å²) in [7, 11) is 0. The molecule has 6 heteroatoms. The summed E-state index contributed by atoms with van der Waals surface area (Å²) in [6, 6.07) is 17.9. The summed E-state index contributed by atoms with van der Waals surface area (Å²) >= 11 is 0. The van der Waals surface area contributed by atoms with Crippen molar-refractivity contribution < 1.29 is 14.3 Å². The highest BCUT2D eigenvalue weighted by molar-refractivity contribution is 5.94. The van der Waals surface area contributed by atoms with E-state index in [9.17, 15) is 9.59 Å². The van der Waals surface area contributed by atoms with Crippen LogP contribution >= 0.6 is 0 Å². The molecule has 0 N–H and O–H groups in total. The first kappa shape index (κ1) is 22.4. The molecule has 2 aliphatic heterocycles. The van der Waals surface area contributed by atoms with Crippen molar-refractivity contribution in [2.24, 2.45) is 5.92 Å². The van der Waals surface area contributed by atoms with Crippen LogP contribution in [0.2, 0.25) is 0 Å². The third kappa shape index (κ3) is 5.06. The molecular weight excluding hydrogens is 426 g/mol. The highest BCUT2D eigenvalue weighted by Gasteiger charge is 2.25. The predicted octanol–water partition coefficient (Wildman–Crippen LogP) is 4.33. The summed E-state index contributed by atoms with van der Waals surface area (Å²) in [5.41, 5.74) is 3.05. The third-order valence-electron chi connectivity index (χ3n) is 7.01. The molecule has 0 aliphatic carbocycles. The summed E-state index contributed by atoms with van der Waals surface area (Å²) in [5.74, 6) is 1.49. The minimum absolute atomic E-state index is 0.0606. The van der Waals surface area contributed by atoms with Crippen molar-refractivity contribution in [1.29, 1.82) is 0 Å². The number of benzene rings is 2. The Labute approximate surface area is 200 Å². The minimum atomic E-state index is 0.0606. The van der Waals surface area contributed by atoms with E-state index in [-0.39, 0.29) is 11.8 Å². The second-order valence-corrected chi connectivity index (χ2v) is 9.29. The first-order valence-corrected chi connectivity index (χ1v) is 12.3.